The van der Waals surface area contributed by atoms with Crippen LogP contribution in [0.2, 0.25) is 0 Å². The highest BCUT2D eigenvalue weighted by Gasteiger charge is 2.12. The summed E-state index contributed by atoms with van der Waals surface area (Å²) in [5, 5.41) is 0. The highest BCUT2D eigenvalue weighted by Crippen LogP contribution is 2.13. The van der Waals surface area contributed by atoms with Gasteiger partial charge in [-0.15, -0.1) is 0 Å². The molecule has 0 aliphatic rings. The molecule has 0 saturated carbocycles. The smallest absolute Gasteiger partial charge is 0.456 e. The number of hydrogen-bond acceptors (Lipinski definition) is 6. The standard InChI is InChI=1S/C15H16O6/c1-4-14(17)20-10(2)9-19-15(18)21-13-7-5-12(6-8-13)11(3)16/h4-8,10H,1,9H2,2-3H3. The summed E-state index contributed by atoms with van der Waals surface area (Å²) >= 11 is 0. The first-order chi connectivity index (χ1) is 9.92. The monoisotopic (exact) mass is 292 g/mol. The zero-order valence-corrected chi connectivity index (χ0v) is 11.8. The SMILES string of the molecule is C=CC(=O)OC(C)COC(=O)Oc1ccc(C(C)=O)cc1. The van der Waals surface area contributed by atoms with Gasteiger partial charge in [0.25, 0.3) is 0 Å². The fraction of sp³-hybridized carbons (Fsp3) is 0.267. The van der Waals surface area contributed by atoms with Crippen molar-refractivity contribution in [1.82, 2.24) is 0 Å². The summed E-state index contributed by atoms with van der Waals surface area (Å²) in [6, 6.07) is 6.05. The molecule has 0 fully saturated rings. The van der Waals surface area contributed by atoms with Gasteiger partial charge in [-0.2, -0.15) is 0 Å². The van der Waals surface area contributed by atoms with Gasteiger partial charge >= 0.3 is 12.1 Å². The molecule has 0 aromatic heterocycles. The summed E-state index contributed by atoms with van der Waals surface area (Å²) in [6.45, 7) is 6.12. The van der Waals surface area contributed by atoms with Gasteiger partial charge in [-0.05, 0) is 38.1 Å². The van der Waals surface area contributed by atoms with Crippen molar-refractivity contribution in [3.05, 3.63) is 42.5 Å². The molecule has 1 unspecified atom stereocenters. The molecule has 0 saturated heterocycles. The summed E-state index contributed by atoms with van der Waals surface area (Å²) in [5.41, 5.74) is 0.515. The molecule has 0 aliphatic carbocycles. The van der Waals surface area contributed by atoms with E-state index in [-0.39, 0.29) is 18.1 Å². The van der Waals surface area contributed by atoms with Crippen molar-refractivity contribution in [2.75, 3.05) is 6.61 Å². The molecule has 0 radical (unpaired) electrons. The number of hydrogen-bond donors (Lipinski definition) is 0. The Morgan fingerprint density at radius 2 is 1.86 bits per heavy atom. The van der Waals surface area contributed by atoms with Crippen molar-refractivity contribution in [3.63, 3.8) is 0 Å². The molecule has 0 amide bonds. The Balaban J connectivity index is 2.41. The number of rotatable bonds is 6. The Labute approximate surface area is 122 Å². The lowest BCUT2D eigenvalue weighted by molar-refractivity contribution is -0.144. The van der Waals surface area contributed by atoms with E-state index < -0.39 is 18.2 Å². The summed E-state index contributed by atoms with van der Waals surface area (Å²) in [4.78, 5) is 33.4. The third kappa shape index (κ3) is 5.90. The normalized spacial score (nSPS) is 11.1. The molecule has 1 atom stereocenters. The number of benzene rings is 1. The molecule has 6 nitrogen and oxygen atoms in total. The quantitative estimate of drug-likeness (QED) is 0.347. The number of carbonyl (C=O) groups excluding carboxylic acids is 3. The van der Waals surface area contributed by atoms with Gasteiger partial charge in [-0.25, -0.2) is 9.59 Å². The minimum Gasteiger partial charge on any atom is -0.456 e. The van der Waals surface area contributed by atoms with Crippen LogP contribution in [0.15, 0.2) is 36.9 Å². The Bertz CT molecular complexity index is 532. The van der Waals surface area contributed by atoms with Crippen LogP contribution in [0, 0.1) is 0 Å². The predicted molar refractivity (Wildman–Crippen MR) is 74.2 cm³/mol. The average molecular weight is 292 g/mol. The lowest BCUT2D eigenvalue weighted by Crippen LogP contribution is -2.22. The molecule has 1 aromatic rings. The van der Waals surface area contributed by atoms with Gasteiger partial charge < -0.3 is 14.2 Å². The van der Waals surface area contributed by atoms with Gasteiger partial charge in [0.2, 0.25) is 0 Å². The van der Waals surface area contributed by atoms with E-state index in [1.54, 1.807) is 19.1 Å². The molecular formula is C15H16O6. The topological polar surface area (TPSA) is 78.9 Å². The Morgan fingerprint density at radius 1 is 1.24 bits per heavy atom. The van der Waals surface area contributed by atoms with Crippen LogP contribution >= 0.6 is 0 Å². The van der Waals surface area contributed by atoms with E-state index in [1.807, 2.05) is 0 Å². The molecule has 112 valence electrons. The predicted octanol–water partition coefficient (Wildman–Crippen LogP) is 2.52. The Morgan fingerprint density at radius 3 is 2.38 bits per heavy atom. The van der Waals surface area contributed by atoms with E-state index in [9.17, 15) is 14.4 Å². The molecule has 6 heteroatoms. The third-order valence-corrected chi connectivity index (χ3v) is 2.38. The van der Waals surface area contributed by atoms with Gasteiger partial charge in [0.15, 0.2) is 5.78 Å². The van der Waals surface area contributed by atoms with Gasteiger partial charge in [-0.3, -0.25) is 4.79 Å². The zero-order valence-electron chi connectivity index (χ0n) is 11.8. The molecule has 1 aromatic carbocycles. The van der Waals surface area contributed by atoms with Crippen molar-refractivity contribution < 1.29 is 28.6 Å². The molecule has 0 heterocycles. The van der Waals surface area contributed by atoms with Crippen molar-refractivity contribution in [2.24, 2.45) is 0 Å². The van der Waals surface area contributed by atoms with Gasteiger partial charge in [-0.1, -0.05) is 6.58 Å². The molecule has 0 bridgehead atoms. The molecular weight excluding hydrogens is 276 g/mol. The maximum Gasteiger partial charge on any atom is 0.513 e. The van der Waals surface area contributed by atoms with Crippen LogP contribution in [0.25, 0.3) is 0 Å². The second-order valence-corrected chi connectivity index (χ2v) is 4.20. The van der Waals surface area contributed by atoms with Crippen molar-refractivity contribution >= 4 is 17.9 Å². The fourth-order valence-electron chi connectivity index (χ4n) is 1.35. The van der Waals surface area contributed by atoms with Gasteiger partial charge in [0, 0.05) is 11.6 Å². The van der Waals surface area contributed by atoms with Crippen LogP contribution in [0.5, 0.6) is 5.75 Å². The maximum atomic E-state index is 11.4. The van der Waals surface area contributed by atoms with Crippen LogP contribution in [0.4, 0.5) is 4.79 Å². The van der Waals surface area contributed by atoms with E-state index in [4.69, 9.17) is 14.2 Å². The third-order valence-electron chi connectivity index (χ3n) is 2.38. The number of carbonyl (C=O) groups is 3. The summed E-state index contributed by atoms with van der Waals surface area (Å²) in [7, 11) is 0. The molecule has 0 aliphatic heterocycles. The largest absolute Gasteiger partial charge is 0.513 e. The molecule has 0 N–H and O–H groups in total. The first kappa shape index (κ1) is 16.4. The summed E-state index contributed by atoms with van der Waals surface area (Å²) in [5.74, 6) is -0.429. The van der Waals surface area contributed by atoms with Gasteiger partial charge in [0.05, 0.1) is 0 Å². The average Bonchev–Trinajstić information content (AvgIpc) is 2.45. The highest BCUT2D eigenvalue weighted by atomic mass is 16.7. The van der Waals surface area contributed by atoms with E-state index >= 15 is 0 Å². The van der Waals surface area contributed by atoms with Crippen molar-refractivity contribution in [3.8, 4) is 5.75 Å². The summed E-state index contributed by atoms with van der Waals surface area (Å²) in [6.07, 6.45) is -0.513. The van der Waals surface area contributed by atoms with Crippen molar-refractivity contribution in [1.29, 1.82) is 0 Å². The minimum absolute atomic E-state index is 0.0815. The zero-order chi connectivity index (χ0) is 15.8. The van der Waals surface area contributed by atoms with Crippen molar-refractivity contribution in [2.45, 2.75) is 20.0 Å². The maximum absolute atomic E-state index is 11.4. The van der Waals surface area contributed by atoms with E-state index in [2.05, 4.69) is 6.58 Å². The highest BCUT2D eigenvalue weighted by molar-refractivity contribution is 5.94. The summed E-state index contributed by atoms with van der Waals surface area (Å²) < 4.78 is 14.5. The molecule has 0 spiro atoms. The Kier molecular flexibility index (Phi) is 6.13. The van der Waals surface area contributed by atoms with Crippen LogP contribution in [-0.2, 0) is 14.3 Å². The number of ether oxygens (including phenoxy) is 3. The molecule has 1 rings (SSSR count). The van der Waals surface area contributed by atoms with Crippen LogP contribution in [0.3, 0.4) is 0 Å². The van der Waals surface area contributed by atoms with E-state index in [0.717, 1.165) is 6.08 Å². The molecule has 21 heavy (non-hydrogen) atoms. The first-order valence-corrected chi connectivity index (χ1v) is 6.21. The van der Waals surface area contributed by atoms with Crippen LogP contribution < -0.4 is 4.74 Å². The lowest BCUT2D eigenvalue weighted by atomic mass is 10.1. The van der Waals surface area contributed by atoms with Gasteiger partial charge in [0.1, 0.15) is 18.5 Å². The number of esters is 1. The van der Waals surface area contributed by atoms with E-state index in [1.165, 1.54) is 19.1 Å². The van der Waals surface area contributed by atoms with E-state index in [0.29, 0.717) is 5.56 Å². The minimum atomic E-state index is -0.924. The first-order valence-electron chi connectivity index (χ1n) is 6.21. The fourth-order valence-corrected chi connectivity index (χ4v) is 1.35. The second-order valence-electron chi connectivity index (χ2n) is 4.20. The number of ketones is 1. The van der Waals surface area contributed by atoms with Crippen LogP contribution in [-0.4, -0.2) is 30.6 Å². The van der Waals surface area contributed by atoms with Crippen LogP contribution in [0.1, 0.15) is 24.2 Å². The second kappa shape index (κ2) is 7.84. The number of Topliss-reactive ketones (excluding diaryl/α,β-unsaturated/α-hetero) is 1. The Hall–Kier alpha value is -2.63. The lowest BCUT2D eigenvalue weighted by Gasteiger charge is -2.12.